The molecule has 0 saturated carbocycles. The van der Waals surface area contributed by atoms with Gasteiger partial charge in [0.25, 0.3) is 0 Å². The molecule has 188 valence electrons. The predicted octanol–water partition coefficient (Wildman–Crippen LogP) is 5.22. The van der Waals surface area contributed by atoms with Gasteiger partial charge in [-0.2, -0.15) is 5.10 Å². The number of hydrogen-bond acceptors (Lipinski definition) is 6. The molecule has 0 fully saturated rings. The summed E-state index contributed by atoms with van der Waals surface area (Å²) >= 11 is 3.53. The van der Waals surface area contributed by atoms with Gasteiger partial charge in [0.15, 0.2) is 11.5 Å². The molecule has 2 amide bonds. The molecule has 0 aliphatic rings. The van der Waals surface area contributed by atoms with Crippen LogP contribution in [0.3, 0.4) is 0 Å². The Morgan fingerprint density at radius 3 is 2.47 bits per heavy atom. The molecular weight excluding hydrogens is 526 g/mol. The zero-order chi connectivity index (χ0) is 25.9. The van der Waals surface area contributed by atoms with E-state index in [0.717, 1.165) is 5.56 Å². The highest BCUT2D eigenvalue weighted by molar-refractivity contribution is 9.10. The third kappa shape index (κ3) is 7.84. The number of carbonyl (C=O) groups excluding carboxylic acids is 2. The Morgan fingerprint density at radius 1 is 1.00 bits per heavy atom. The fourth-order valence-corrected chi connectivity index (χ4v) is 3.79. The molecule has 0 aliphatic heterocycles. The predicted molar refractivity (Wildman–Crippen MR) is 143 cm³/mol. The summed E-state index contributed by atoms with van der Waals surface area (Å²) in [6, 6.07) is 18.6. The fourth-order valence-electron chi connectivity index (χ4n) is 3.21. The van der Waals surface area contributed by atoms with E-state index in [1.807, 2.05) is 38.1 Å². The molecule has 36 heavy (non-hydrogen) atoms. The number of halogens is 1. The normalized spacial score (nSPS) is 10.7. The average Bonchev–Trinajstić information content (AvgIpc) is 2.85. The minimum absolute atomic E-state index is 0.388. The van der Waals surface area contributed by atoms with Crippen LogP contribution in [0.5, 0.6) is 17.2 Å². The zero-order valence-electron chi connectivity index (χ0n) is 20.3. The second-order valence-corrected chi connectivity index (χ2v) is 8.61. The Kier molecular flexibility index (Phi) is 9.88. The van der Waals surface area contributed by atoms with E-state index in [0.29, 0.717) is 46.2 Å². The molecule has 0 unspecified atom stereocenters. The summed E-state index contributed by atoms with van der Waals surface area (Å²) in [7, 11) is 1.50. The second kappa shape index (κ2) is 13.3. The molecule has 2 N–H and O–H groups in total. The van der Waals surface area contributed by atoms with Crippen LogP contribution >= 0.6 is 15.9 Å². The van der Waals surface area contributed by atoms with E-state index in [2.05, 4.69) is 31.8 Å². The van der Waals surface area contributed by atoms with Crippen LogP contribution in [0.25, 0.3) is 0 Å². The Hall–Kier alpha value is -3.85. The number of hydrazone groups is 1. The first-order chi connectivity index (χ1) is 17.4. The lowest BCUT2D eigenvalue weighted by atomic mass is 10.2. The summed E-state index contributed by atoms with van der Waals surface area (Å²) in [5.41, 5.74) is 5.75. The number of ether oxygens (including phenoxy) is 3. The van der Waals surface area contributed by atoms with Crippen molar-refractivity contribution < 1.29 is 23.8 Å². The van der Waals surface area contributed by atoms with Crippen LogP contribution in [0.15, 0.2) is 70.2 Å². The van der Waals surface area contributed by atoms with Gasteiger partial charge in [-0.05, 0) is 65.2 Å². The highest BCUT2D eigenvalue weighted by Crippen LogP contribution is 2.37. The van der Waals surface area contributed by atoms with Crippen molar-refractivity contribution in [3.8, 4) is 17.2 Å². The van der Waals surface area contributed by atoms with Crippen LogP contribution < -0.4 is 25.0 Å². The van der Waals surface area contributed by atoms with Gasteiger partial charge in [0.2, 0.25) is 11.8 Å². The van der Waals surface area contributed by atoms with E-state index in [-0.39, 0.29) is 0 Å². The molecule has 3 rings (SSSR count). The summed E-state index contributed by atoms with van der Waals surface area (Å²) in [6.45, 7) is 4.76. The number of nitrogens with one attached hydrogen (secondary N) is 2. The number of carbonyl (C=O) groups is 2. The lowest BCUT2D eigenvalue weighted by Gasteiger charge is -2.15. The van der Waals surface area contributed by atoms with E-state index >= 15 is 0 Å². The standard InChI is InChI=1S/C27H28BrN3O5/c1-4-35-24-14-20(13-21(28)27(24)36-17-19-11-9-18(2)10-12-19)16-29-31-26(33)15-25(32)30-22-7-5-6-8-23(22)34-3/h5-14,16H,4,15,17H2,1-3H3,(H,30,32)(H,31,33). The monoisotopic (exact) mass is 553 g/mol. The topological polar surface area (TPSA) is 98.2 Å². The first-order valence-electron chi connectivity index (χ1n) is 11.3. The highest BCUT2D eigenvalue weighted by atomic mass is 79.9. The van der Waals surface area contributed by atoms with Crippen LogP contribution in [0.4, 0.5) is 5.69 Å². The van der Waals surface area contributed by atoms with Crippen molar-refractivity contribution in [3.05, 3.63) is 81.8 Å². The molecule has 0 aromatic heterocycles. The van der Waals surface area contributed by atoms with Crippen LogP contribution in [-0.2, 0) is 16.2 Å². The molecular formula is C27H28BrN3O5. The summed E-state index contributed by atoms with van der Waals surface area (Å²) in [5.74, 6) is 0.588. The highest BCUT2D eigenvalue weighted by Gasteiger charge is 2.13. The van der Waals surface area contributed by atoms with Crippen molar-refractivity contribution in [2.24, 2.45) is 5.10 Å². The number of para-hydroxylation sites is 2. The number of rotatable bonds is 11. The minimum Gasteiger partial charge on any atom is -0.495 e. The number of benzene rings is 3. The lowest BCUT2D eigenvalue weighted by molar-refractivity contribution is -0.126. The molecule has 3 aromatic rings. The Balaban J connectivity index is 1.59. The molecule has 0 atom stereocenters. The van der Waals surface area contributed by atoms with Crippen LogP contribution in [0, 0.1) is 6.92 Å². The molecule has 0 saturated heterocycles. The van der Waals surface area contributed by atoms with Crippen molar-refractivity contribution in [1.29, 1.82) is 0 Å². The maximum absolute atomic E-state index is 12.2. The smallest absolute Gasteiger partial charge is 0.249 e. The van der Waals surface area contributed by atoms with Gasteiger partial charge in [-0.25, -0.2) is 5.43 Å². The van der Waals surface area contributed by atoms with Crippen LogP contribution in [0.1, 0.15) is 30.0 Å². The third-order valence-electron chi connectivity index (χ3n) is 4.94. The molecule has 0 aliphatic carbocycles. The SMILES string of the molecule is CCOc1cc(C=NNC(=O)CC(=O)Nc2ccccc2OC)cc(Br)c1OCc1ccc(C)cc1. The van der Waals surface area contributed by atoms with Gasteiger partial charge in [-0.3, -0.25) is 9.59 Å². The number of methoxy groups -OCH3 is 1. The maximum atomic E-state index is 12.2. The van der Waals surface area contributed by atoms with Gasteiger partial charge >= 0.3 is 0 Å². The maximum Gasteiger partial charge on any atom is 0.249 e. The van der Waals surface area contributed by atoms with Gasteiger partial charge < -0.3 is 19.5 Å². The second-order valence-electron chi connectivity index (χ2n) is 7.76. The minimum atomic E-state index is -0.555. The van der Waals surface area contributed by atoms with Crippen molar-refractivity contribution >= 4 is 39.6 Å². The summed E-state index contributed by atoms with van der Waals surface area (Å²) in [4.78, 5) is 24.3. The first-order valence-corrected chi connectivity index (χ1v) is 12.1. The average molecular weight is 554 g/mol. The molecule has 8 nitrogen and oxygen atoms in total. The third-order valence-corrected chi connectivity index (χ3v) is 5.53. The number of hydrogen-bond donors (Lipinski definition) is 2. The van der Waals surface area contributed by atoms with Gasteiger partial charge in [0, 0.05) is 0 Å². The van der Waals surface area contributed by atoms with Gasteiger partial charge in [-0.1, -0.05) is 42.0 Å². The molecule has 9 heteroatoms. The summed E-state index contributed by atoms with van der Waals surface area (Å²) in [6.07, 6.45) is 1.07. The molecule has 3 aromatic carbocycles. The fraction of sp³-hybridized carbons (Fsp3) is 0.222. The molecule has 0 radical (unpaired) electrons. The van der Waals surface area contributed by atoms with Crippen molar-refractivity contribution in [3.63, 3.8) is 0 Å². The number of anilines is 1. The van der Waals surface area contributed by atoms with Gasteiger partial charge in [0.1, 0.15) is 18.8 Å². The largest absolute Gasteiger partial charge is 0.495 e. The number of amides is 2. The van der Waals surface area contributed by atoms with Crippen LogP contribution in [0.2, 0.25) is 0 Å². The Bertz CT molecular complexity index is 1230. The molecule has 0 spiro atoms. The summed E-state index contributed by atoms with van der Waals surface area (Å²) < 4.78 is 17.6. The van der Waals surface area contributed by atoms with Crippen molar-refractivity contribution in [2.45, 2.75) is 26.9 Å². The van der Waals surface area contributed by atoms with E-state index in [1.54, 1.807) is 36.4 Å². The molecule has 0 heterocycles. The number of nitrogens with zero attached hydrogens (tertiary/aromatic N) is 1. The van der Waals surface area contributed by atoms with Crippen molar-refractivity contribution in [1.82, 2.24) is 5.43 Å². The van der Waals surface area contributed by atoms with E-state index in [4.69, 9.17) is 14.2 Å². The zero-order valence-corrected chi connectivity index (χ0v) is 21.9. The Morgan fingerprint density at radius 2 is 1.75 bits per heavy atom. The van der Waals surface area contributed by atoms with Crippen LogP contribution in [-0.4, -0.2) is 31.7 Å². The van der Waals surface area contributed by atoms with E-state index < -0.39 is 18.2 Å². The van der Waals surface area contributed by atoms with E-state index in [1.165, 1.54) is 18.9 Å². The van der Waals surface area contributed by atoms with Gasteiger partial charge in [-0.15, -0.1) is 0 Å². The first kappa shape index (κ1) is 26.7. The Labute approximate surface area is 218 Å². The number of aryl methyl sites for hydroxylation is 1. The quantitative estimate of drug-likeness (QED) is 0.192. The van der Waals surface area contributed by atoms with Gasteiger partial charge in [0.05, 0.1) is 30.1 Å². The van der Waals surface area contributed by atoms with Crippen molar-refractivity contribution in [2.75, 3.05) is 19.0 Å². The molecule has 0 bridgehead atoms. The lowest BCUT2D eigenvalue weighted by Crippen LogP contribution is -2.24. The summed E-state index contributed by atoms with van der Waals surface area (Å²) in [5, 5.41) is 6.61. The van der Waals surface area contributed by atoms with E-state index in [9.17, 15) is 9.59 Å².